The summed E-state index contributed by atoms with van der Waals surface area (Å²) >= 11 is 0. The molecule has 3 N–H and O–H groups in total. The van der Waals surface area contributed by atoms with E-state index < -0.39 is 33.4 Å². The topological polar surface area (TPSA) is 39.3 Å². The van der Waals surface area contributed by atoms with Gasteiger partial charge in [0, 0.05) is 0 Å². The Balaban J connectivity index is 0.000000272. The van der Waals surface area contributed by atoms with Crippen LogP contribution in [0.1, 0.15) is 6.92 Å². The highest BCUT2D eigenvalue weighted by Gasteiger charge is 2.48. The third-order valence-corrected chi connectivity index (χ3v) is 24.1. The lowest BCUT2D eigenvalue weighted by molar-refractivity contribution is 0.489. The van der Waals surface area contributed by atoms with Crippen LogP contribution < -0.4 is 13.9 Å². The van der Waals surface area contributed by atoms with Gasteiger partial charge in [-0.15, -0.1) is 19.7 Å². The maximum Gasteiger partial charge on any atom is 0.212 e. The number of nitrogens with zero attached hydrogens (tertiary/aromatic N) is 1. The summed E-state index contributed by atoms with van der Waals surface area (Å²) < 4.78 is 13.7. The zero-order valence-electron chi connectivity index (χ0n) is 16.8. The Bertz CT molecular complexity index is 441. The molecule has 2 heterocycles. The summed E-state index contributed by atoms with van der Waals surface area (Å²) in [6.45, 7) is 27.1. The molecule has 2 saturated heterocycles. The minimum absolute atomic E-state index is 0.873. The van der Waals surface area contributed by atoms with Gasteiger partial charge in [-0.05, 0) is 45.2 Å². The van der Waals surface area contributed by atoms with Gasteiger partial charge >= 0.3 is 0 Å². The van der Waals surface area contributed by atoms with Crippen molar-refractivity contribution in [2.45, 2.75) is 45.7 Å². The smallest absolute Gasteiger partial charge is 0.212 e. The summed E-state index contributed by atoms with van der Waals surface area (Å²) in [5.41, 5.74) is 6.16. The monoisotopic (exact) mass is 398 g/mol. The molecule has 0 bridgehead atoms. The first kappa shape index (κ1) is 22.0. The third kappa shape index (κ3) is 5.46. The Morgan fingerprint density at radius 1 is 0.833 bits per heavy atom. The Hall–Kier alpha value is -0.0725. The van der Waals surface area contributed by atoms with E-state index in [0.29, 0.717) is 0 Å². The molecule has 1 atom stereocenters. The molecule has 138 valence electrons. The minimum Gasteiger partial charge on any atom is -0.330 e. The van der Waals surface area contributed by atoms with Crippen molar-refractivity contribution in [2.75, 3.05) is 13.6 Å². The van der Waals surface area contributed by atoms with E-state index in [2.05, 4.69) is 102 Å². The fourth-order valence-electron chi connectivity index (χ4n) is 3.81. The van der Waals surface area contributed by atoms with Crippen molar-refractivity contribution >= 4 is 33.4 Å². The lowest BCUT2D eigenvalue weighted by atomic mass is 10.2. The van der Waals surface area contributed by atoms with Gasteiger partial charge in [0.05, 0.1) is 0 Å². The van der Waals surface area contributed by atoms with Crippen LogP contribution in [0.3, 0.4) is 0 Å². The highest BCUT2D eigenvalue weighted by molar-refractivity contribution is 7.09. The fourth-order valence-corrected chi connectivity index (χ4v) is 24.6. The molecule has 0 aliphatic carbocycles. The first-order chi connectivity index (χ1) is 10.8. The van der Waals surface area contributed by atoms with Crippen LogP contribution in [-0.2, 0) is 0 Å². The van der Waals surface area contributed by atoms with E-state index in [1.165, 1.54) is 12.6 Å². The summed E-state index contributed by atoms with van der Waals surface area (Å²) in [6, 6.07) is 1.49. The summed E-state index contributed by atoms with van der Waals surface area (Å²) in [7, 11) is -3.82. The average molecular weight is 399 g/mol. The van der Waals surface area contributed by atoms with Crippen LogP contribution in [0.5, 0.6) is 0 Å². The average Bonchev–Trinajstić information content (AvgIpc) is 2.69. The molecule has 1 unspecified atom stereocenters. The van der Waals surface area contributed by atoms with E-state index in [-0.39, 0.29) is 0 Å². The first-order valence-electron chi connectivity index (χ1n) is 8.83. The molecule has 0 aromatic heterocycles. The van der Waals surface area contributed by atoms with Gasteiger partial charge in [-0.25, -0.2) is 0 Å². The normalized spacial score (nSPS) is 41.9. The zero-order chi connectivity index (χ0) is 18.8. The van der Waals surface area contributed by atoms with E-state index in [1.54, 1.807) is 0 Å². The van der Waals surface area contributed by atoms with E-state index in [0.717, 1.165) is 5.92 Å². The van der Waals surface area contributed by atoms with Crippen LogP contribution in [0.2, 0.25) is 38.8 Å². The van der Waals surface area contributed by atoms with Crippen molar-refractivity contribution < 1.29 is 0 Å². The molecule has 8 heteroatoms. The van der Waals surface area contributed by atoms with Gasteiger partial charge in [-0.3, -0.25) is 0 Å². The van der Waals surface area contributed by atoms with Gasteiger partial charge in [0.25, 0.3) is 0 Å². The molecule has 0 saturated carbocycles. The van der Waals surface area contributed by atoms with Crippen LogP contribution in [0.4, 0.5) is 0 Å². The lowest BCUT2D eigenvalue weighted by Gasteiger charge is -2.49. The van der Waals surface area contributed by atoms with Gasteiger partial charge in [0.2, 0.25) is 25.2 Å². The largest absolute Gasteiger partial charge is 0.330 e. The molecular weight excluding hydrogens is 361 g/mol. The molecule has 0 amide bonds. The van der Waals surface area contributed by atoms with Crippen LogP contribution in [0.25, 0.3) is 0 Å². The molecular formula is C16H38N4Si4. The SMILES string of the molecule is C=C[Si]1(C)N[Si](C)(C=C)N[Si](C)(C=C)N1.CC1CN(C)[Si](C)(C)C1. The van der Waals surface area contributed by atoms with Crippen molar-refractivity contribution in [3.63, 3.8) is 0 Å². The number of hydrogen-bond acceptors (Lipinski definition) is 4. The molecule has 2 rings (SSSR count). The summed E-state index contributed by atoms with van der Waals surface area (Å²) in [4.78, 5) is 0. The minimum atomic E-state index is -1.74. The third-order valence-electron chi connectivity index (χ3n) is 5.25. The number of hydrogen-bond donors (Lipinski definition) is 3. The second-order valence-corrected chi connectivity index (χ2v) is 24.8. The molecule has 0 spiro atoms. The molecule has 0 radical (unpaired) electrons. The van der Waals surface area contributed by atoms with Gasteiger partial charge in [0.15, 0.2) is 0 Å². The Morgan fingerprint density at radius 3 is 1.29 bits per heavy atom. The number of nitrogens with one attached hydrogen (secondary N) is 3. The van der Waals surface area contributed by atoms with Gasteiger partial charge in [-0.2, -0.15) is 0 Å². The van der Waals surface area contributed by atoms with Crippen LogP contribution in [0, 0.1) is 5.92 Å². The molecule has 24 heavy (non-hydrogen) atoms. The van der Waals surface area contributed by atoms with Crippen molar-refractivity contribution in [3.05, 3.63) is 36.8 Å². The first-order valence-corrected chi connectivity index (χ1v) is 19.7. The van der Waals surface area contributed by atoms with Crippen molar-refractivity contribution in [2.24, 2.45) is 5.92 Å². The number of rotatable bonds is 3. The van der Waals surface area contributed by atoms with Gasteiger partial charge in [0.1, 0.15) is 8.24 Å². The molecule has 0 aromatic carbocycles. The molecule has 2 fully saturated rings. The zero-order valence-corrected chi connectivity index (χ0v) is 20.8. The second kappa shape index (κ2) is 7.66. The van der Waals surface area contributed by atoms with Gasteiger partial charge < -0.3 is 18.5 Å². The van der Waals surface area contributed by atoms with Crippen molar-refractivity contribution in [1.29, 1.82) is 0 Å². The highest BCUT2D eigenvalue weighted by atomic mass is 28.5. The van der Waals surface area contributed by atoms with Crippen LogP contribution in [-0.4, -0.2) is 51.6 Å². The predicted molar refractivity (Wildman–Crippen MR) is 119 cm³/mol. The fraction of sp³-hybridized carbons (Fsp3) is 0.625. The summed E-state index contributed by atoms with van der Waals surface area (Å²) in [5, 5.41) is 0. The summed E-state index contributed by atoms with van der Waals surface area (Å²) in [6.07, 6.45) is 0. The standard InChI is InChI=1S/C9H21N3Si3.C7H17NSi/c1-7-13(4)10-14(5,8-2)12-15(6,9-3)11-13;1-7-5-8(2)9(3,4)6-7/h7-12H,1-3H2,4-6H3;7H,5-6H2,1-4H3. The Morgan fingerprint density at radius 2 is 1.17 bits per heavy atom. The summed E-state index contributed by atoms with van der Waals surface area (Å²) in [5.74, 6) is 0.955. The molecule has 0 aromatic rings. The second-order valence-electron chi connectivity index (χ2n) is 8.60. The molecule has 2 aliphatic heterocycles. The van der Waals surface area contributed by atoms with Crippen molar-refractivity contribution in [1.82, 2.24) is 18.5 Å². The maximum absolute atomic E-state index is 3.94. The van der Waals surface area contributed by atoms with E-state index in [1.807, 2.05) is 0 Å². The van der Waals surface area contributed by atoms with Crippen LogP contribution >= 0.6 is 0 Å². The predicted octanol–water partition coefficient (Wildman–Crippen LogP) is 2.93. The molecule has 2 aliphatic rings. The van der Waals surface area contributed by atoms with E-state index >= 15 is 0 Å². The van der Waals surface area contributed by atoms with Crippen LogP contribution in [0.15, 0.2) is 36.8 Å². The maximum atomic E-state index is 3.94. The molecule has 4 nitrogen and oxygen atoms in total. The Kier molecular flexibility index (Phi) is 7.02. The Labute approximate surface area is 154 Å². The van der Waals surface area contributed by atoms with E-state index in [4.69, 9.17) is 0 Å². The van der Waals surface area contributed by atoms with Crippen molar-refractivity contribution in [3.8, 4) is 0 Å². The lowest BCUT2D eigenvalue weighted by Crippen LogP contribution is -2.89. The highest BCUT2D eigenvalue weighted by Crippen LogP contribution is 2.27. The van der Waals surface area contributed by atoms with E-state index in [9.17, 15) is 0 Å². The van der Waals surface area contributed by atoms with Gasteiger partial charge in [-0.1, -0.05) is 37.1 Å². The quantitative estimate of drug-likeness (QED) is 0.639.